The Morgan fingerprint density at radius 1 is 1.50 bits per heavy atom. The number of hydrogen-bond donors (Lipinski definition) is 0. The summed E-state index contributed by atoms with van der Waals surface area (Å²) in [6.07, 6.45) is 0. The first-order chi connectivity index (χ1) is 3.70. The molecule has 0 radical (unpaired) electrons. The fourth-order valence-corrected chi connectivity index (χ4v) is 0.890. The molecule has 46 valence electrons. The molecule has 0 aromatic rings. The van der Waals surface area contributed by atoms with Gasteiger partial charge in [-0.3, -0.25) is 0 Å². The number of hydrogen-bond acceptors (Lipinski definition) is 3. The molecule has 1 saturated heterocycles. The molecule has 1 heterocycles. The second kappa shape index (κ2) is 1.78. The van der Waals surface area contributed by atoms with E-state index in [0.29, 0.717) is 5.95 Å². The zero-order chi connectivity index (χ0) is 6.15. The smallest absolute Gasteiger partial charge is 0.334 e. The lowest BCUT2D eigenvalue weighted by Gasteiger charge is -2.16. The summed E-state index contributed by atoms with van der Waals surface area (Å²) in [5.74, 6) is 0.392. The van der Waals surface area contributed by atoms with E-state index in [4.69, 9.17) is 0 Å². The van der Waals surface area contributed by atoms with Gasteiger partial charge in [0.2, 0.25) is 0 Å². The van der Waals surface area contributed by atoms with Gasteiger partial charge in [-0.2, -0.15) is 4.21 Å². The normalized spacial score (nSPS) is 25.2. The number of allylic oxidation sites excluding steroid dienone is 1. The van der Waals surface area contributed by atoms with Crippen molar-refractivity contribution in [2.45, 2.75) is 13.8 Å². The molecule has 0 amide bonds. The van der Waals surface area contributed by atoms with Crippen molar-refractivity contribution in [2.24, 2.45) is 0 Å². The molecular formula is C4H6O3S. The maximum Gasteiger partial charge on any atom is 0.423 e. The van der Waals surface area contributed by atoms with Gasteiger partial charge >= 0.3 is 17.3 Å². The first-order valence-corrected chi connectivity index (χ1v) is 3.16. The van der Waals surface area contributed by atoms with Gasteiger partial charge in [0.25, 0.3) is 0 Å². The highest BCUT2D eigenvalue weighted by molar-refractivity contribution is 7.76. The van der Waals surface area contributed by atoms with Crippen molar-refractivity contribution in [2.75, 3.05) is 0 Å². The van der Waals surface area contributed by atoms with Crippen LogP contribution in [0.5, 0.6) is 0 Å². The molecule has 4 heteroatoms. The maximum absolute atomic E-state index is 10.0. The van der Waals surface area contributed by atoms with Crippen LogP contribution in [0.15, 0.2) is 11.5 Å². The Morgan fingerprint density at radius 2 is 2.00 bits per heavy atom. The van der Waals surface area contributed by atoms with Gasteiger partial charge in [0.05, 0.1) is 0 Å². The standard InChI is InChI=1S/C4H6O3S/c1-3(2)4-6-8(5)7-4/h1-2H3. The van der Waals surface area contributed by atoms with Crippen LogP contribution in [0.3, 0.4) is 0 Å². The fourth-order valence-electron chi connectivity index (χ4n) is 0.297. The minimum absolute atomic E-state index is 0.392. The van der Waals surface area contributed by atoms with Gasteiger partial charge in [0.1, 0.15) is 0 Å². The first kappa shape index (κ1) is 5.62. The molecular weight excluding hydrogens is 128 g/mol. The van der Waals surface area contributed by atoms with Crippen molar-refractivity contribution in [3.05, 3.63) is 11.5 Å². The van der Waals surface area contributed by atoms with Gasteiger partial charge < -0.3 is 8.37 Å². The van der Waals surface area contributed by atoms with Crippen LogP contribution in [0.2, 0.25) is 0 Å². The number of rotatable bonds is 0. The van der Waals surface area contributed by atoms with Crippen molar-refractivity contribution in [3.8, 4) is 0 Å². The van der Waals surface area contributed by atoms with Crippen LogP contribution in [0.1, 0.15) is 13.8 Å². The van der Waals surface area contributed by atoms with Crippen molar-refractivity contribution in [3.63, 3.8) is 0 Å². The van der Waals surface area contributed by atoms with E-state index in [2.05, 4.69) is 8.37 Å². The van der Waals surface area contributed by atoms with E-state index < -0.39 is 11.4 Å². The predicted molar refractivity (Wildman–Crippen MR) is 28.7 cm³/mol. The lowest BCUT2D eigenvalue weighted by Crippen LogP contribution is -2.15. The third-order valence-corrected chi connectivity index (χ3v) is 1.27. The molecule has 3 nitrogen and oxygen atoms in total. The molecule has 0 atom stereocenters. The summed E-state index contributed by atoms with van der Waals surface area (Å²) < 4.78 is 19.1. The molecule has 1 fully saturated rings. The predicted octanol–water partition coefficient (Wildman–Crippen LogP) is 0.863. The largest absolute Gasteiger partial charge is 0.423 e. The monoisotopic (exact) mass is 134 g/mol. The van der Waals surface area contributed by atoms with Crippen LogP contribution >= 0.6 is 0 Å². The van der Waals surface area contributed by atoms with Gasteiger partial charge in [-0.1, -0.05) is 0 Å². The quantitative estimate of drug-likeness (QED) is 0.493. The Labute approximate surface area is 50.2 Å². The van der Waals surface area contributed by atoms with E-state index in [-0.39, 0.29) is 0 Å². The van der Waals surface area contributed by atoms with Crippen molar-refractivity contribution in [1.29, 1.82) is 0 Å². The Hall–Kier alpha value is -0.510. The van der Waals surface area contributed by atoms with Crippen LogP contribution in [0.25, 0.3) is 0 Å². The SMILES string of the molecule is CC(C)=C1OS(=O)O1. The molecule has 0 saturated carbocycles. The lowest BCUT2D eigenvalue weighted by atomic mass is 10.4. The van der Waals surface area contributed by atoms with Gasteiger partial charge in [-0.05, 0) is 13.8 Å². The third-order valence-electron chi connectivity index (χ3n) is 0.696. The van der Waals surface area contributed by atoms with Crippen LogP contribution < -0.4 is 0 Å². The third kappa shape index (κ3) is 0.838. The second-order valence-electron chi connectivity index (χ2n) is 1.66. The summed E-state index contributed by atoms with van der Waals surface area (Å²) in [6.45, 7) is 3.65. The zero-order valence-electron chi connectivity index (χ0n) is 4.63. The average molecular weight is 134 g/mol. The summed E-state index contributed by atoms with van der Waals surface area (Å²) in [5.41, 5.74) is 0.907. The molecule has 0 bridgehead atoms. The van der Waals surface area contributed by atoms with Crippen LogP contribution in [0, 0.1) is 0 Å². The van der Waals surface area contributed by atoms with Crippen LogP contribution in [-0.4, -0.2) is 4.21 Å². The van der Waals surface area contributed by atoms with Gasteiger partial charge in [-0.15, -0.1) is 0 Å². The Morgan fingerprint density at radius 3 is 2.12 bits per heavy atom. The summed E-state index contributed by atoms with van der Waals surface area (Å²) in [7, 11) is 0. The van der Waals surface area contributed by atoms with Crippen molar-refractivity contribution >= 4 is 11.4 Å². The Bertz CT molecular complexity index is 147. The van der Waals surface area contributed by atoms with Gasteiger partial charge in [0, 0.05) is 5.57 Å². The van der Waals surface area contributed by atoms with Crippen molar-refractivity contribution < 1.29 is 12.6 Å². The van der Waals surface area contributed by atoms with E-state index in [9.17, 15) is 4.21 Å². The summed E-state index contributed by atoms with van der Waals surface area (Å²) in [5, 5.41) is 0. The topological polar surface area (TPSA) is 35.5 Å². The summed E-state index contributed by atoms with van der Waals surface area (Å²) in [4.78, 5) is 0. The molecule has 1 aliphatic rings. The van der Waals surface area contributed by atoms with E-state index in [0.717, 1.165) is 5.57 Å². The summed E-state index contributed by atoms with van der Waals surface area (Å²) >= 11 is -1.50. The molecule has 0 unspecified atom stereocenters. The molecule has 8 heavy (non-hydrogen) atoms. The highest BCUT2D eigenvalue weighted by atomic mass is 32.2. The maximum atomic E-state index is 10.0. The van der Waals surface area contributed by atoms with E-state index in [1.165, 1.54) is 0 Å². The van der Waals surface area contributed by atoms with E-state index in [1.54, 1.807) is 0 Å². The van der Waals surface area contributed by atoms with E-state index >= 15 is 0 Å². The van der Waals surface area contributed by atoms with Gasteiger partial charge in [-0.25, -0.2) is 0 Å². The second-order valence-corrected chi connectivity index (χ2v) is 2.40. The fraction of sp³-hybridized carbons (Fsp3) is 0.500. The highest BCUT2D eigenvalue weighted by Crippen LogP contribution is 2.20. The van der Waals surface area contributed by atoms with Crippen molar-refractivity contribution in [1.82, 2.24) is 0 Å². The molecule has 0 spiro atoms. The Kier molecular flexibility index (Phi) is 1.25. The molecule has 1 rings (SSSR count). The summed E-state index contributed by atoms with van der Waals surface area (Å²) in [6, 6.07) is 0. The minimum Gasteiger partial charge on any atom is -0.334 e. The molecule has 0 N–H and O–H groups in total. The molecule has 0 aliphatic carbocycles. The lowest BCUT2D eigenvalue weighted by molar-refractivity contribution is 0.145. The minimum atomic E-state index is -1.50. The molecule has 0 aromatic carbocycles. The van der Waals surface area contributed by atoms with Gasteiger partial charge in [0.15, 0.2) is 0 Å². The Balaban J connectivity index is 2.57. The first-order valence-electron chi connectivity index (χ1n) is 2.16. The zero-order valence-corrected chi connectivity index (χ0v) is 5.45. The average Bonchev–Trinajstić information content (AvgIpc) is 1.57. The van der Waals surface area contributed by atoms with Crippen LogP contribution in [0.4, 0.5) is 0 Å². The molecule has 0 aromatic heterocycles. The van der Waals surface area contributed by atoms with Crippen LogP contribution in [-0.2, 0) is 19.7 Å². The van der Waals surface area contributed by atoms with E-state index in [1.807, 2.05) is 13.8 Å². The highest BCUT2D eigenvalue weighted by Gasteiger charge is 2.23. The molecule has 1 aliphatic heterocycles.